The molecule has 124 valence electrons. The Balaban J connectivity index is 0.00000116. The lowest BCUT2D eigenvalue weighted by Crippen LogP contribution is -2.33. The maximum atomic E-state index is 11.7. The largest absolute Gasteiger partial charge is 0.484 e. The second-order valence-electron chi connectivity index (χ2n) is 5.64. The van der Waals surface area contributed by atoms with Gasteiger partial charge in [-0.2, -0.15) is 0 Å². The van der Waals surface area contributed by atoms with Gasteiger partial charge in [0.2, 0.25) is 0 Å². The Morgan fingerprint density at radius 3 is 2.73 bits per heavy atom. The Bertz CT molecular complexity index is 497. The molecule has 22 heavy (non-hydrogen) atoms. The summed E-state index contributed by atoms with van der Waals surface area (Å²) in [6.07, 6.45) is -0.741. The van der Waals surface area contributed by atoms with E-state index in [-0.39, 0.29) is 12.7 Å². The zero-order chi connectivity index (χ0) is 16.8. The van der Waals surface area contributed by atoms with Crippen LogP contribution in [-0.2, 0) is 4.74 Å². The van der Waals surface area contributed by atoms with Gasteiger partial charge in [-0.15, -0.1) is 0 Å². The topological polar surface area (TPSA) is 79.8 Å². The van der Waals surface area contributed by atoms with E-state index in [0.717, 1.165) is 5.69 Å². The molecule has 0 aliphatic carbocycles. The molecule has 0 radical (unpaired) electrons. The van der Waals surface area contributed by atoms with Crippen LogP contribution in [0.25, 0.3) is 0 Å². The van der Waals surface area contributed by atoms with Gasteiger partial charge >= 0.3 is 6.09 Å². The predicted octanol–water partition coefficient (Wildman–Crippen LogP) is 3.23. The van der Waals surface area contributed by atoms with E-state index in [1.54, 1.807) is 18.2 Å². The minimum atomic E-state index is -0.534. The van der Waals surface area contributed by atoms with E-state index in [2.05, 4.69) is 10.6 Å². The van der Waals surface area contributed by atoms with E-state index in [1.165, 1.54) is 0 Å². The van der Waals surface area contributed by atoms with Gasteiger partial charge in [0.25, 0.3) is 0 Å². The summed E-state index contributed by atoms with van der Waals surface area (Å²) in [5.74, 6) is 0.657. The molecule has 1 amide bonds. The number of benzene rings is 1. The van der Waals surface area contributed by atoms with Crippen molar-refractivity contribution in [2.24, 2.45) is 0 Å². The number of carbonyl (C=O) groups is 1. The summed E-state index contributed by atoms with van der Waals surface area (Å²) in [5.41, 5.74) is 0.869. The van der Waals surface area contributed by atoms with Crippen LogP contribution in [-0.4, -0.2) is 36.1 Å². The van der Waals surface area contributed by atoms with Crippen LogP contribution < -0.4 is 15.4 Å². The summed E-state index contributed by atoms with van der Waals surface area (Å²) >= 11 is 0. The first-order valence-electron chi connectivity index (χ1n) is 7.53. The Labute approximate surface area is 131 Å². The Morgan fingerprint density at radius 2 is 2.14 bits per heavy atom. The van der Waals surface area contributed by atoms with Crippen molar-refractivity contribution >= 4 is 17.5 Å². The van der Waals surface area contributed by atoms with Gasteiger partial charge in [0, 0.05) is 5.69 Å². The molecule has 0 fully saturated rings. The molecule has 1 unspecified atom stereocenters. The SMILES string of the molecule is CC.CC(C)(C)OC(=O)Nc1ccc2c(c1)NCC(CO)O2. The molecular weight excluding hydrogens is 284 g/mol. The van der Waals surface area contributed by atoms with E-state index >= 15 is 0 Å². The first kappa shape index (κ1) is 18.1. The summed E-state index contributed by atoms with van der Waals surface area (Å²) in [5, 5.41) is 14.9. The average Bonchev–Trinajstić information content (AvgIpc) is 2.46. The summed E-state index contributed by atoms with van der Waals surface area (Å²) in [6, 6.07) is 5.24. The number of aliphatic hydroxyl groups is 1. The molecule has 1 aromatic rings. The van der Waals surface area contributed by atoms with Gasteiger partial charge in [-0.05, 0) is 39.0 Å². The third-order valence-electron chi connectivity index (χ3n) is 2.64. The monoisotopic (exact) mass is 310 g/mol. The smallest absolute Gasteiger partial charge is 0.412 e. The van der Waals surface area contributed by atoms with Gasteiger partial charge in [0.05, 0.1) is 18.8 Å². The average molecular weight is 310 g/mol. The number of carbonyl (C=O) groups excluding carboxylic acids is 1. The highest BCUT2D eigenvalue weighted by Crippen LogP contribution is 2.31. The number of fused-ring (bicyclic) bond motifs is 1. The van der Waals surface area contributed by atoms with E-state index in [0.29, 0.717) is 18.0 Å². The Hall–Kier alpha value is -1.95. The third-order valence-corrected chi connectivity index (χ3v) is 2.64. The van der Waals surface area contributed by atoms with Crippen LogP contribution >= 0.6 is 0 Å². The number of hydrogen-bond donors (Lipinski definition) is 3. The van der Waals surface area contributed by atoms with Crippen molar-refractivity contribution in [2.75, 3.05) is 23.8 Å². The second-order valence-corrected chi connectivity index (χ2v) is 5.64. The Kier molecular flexibility index (Phi) is 6.49. The quantitative estimate of drug-likeness (QED) is 0.781. The molecule has 0 bridgehead atoms. The zero-order valence-electron chi connectivity index (χ0n) is 13.9. The van der Waals surface area contributed by atoms with Crippen LogP contribution in [0, 0.1) is 0 Å². The highest BCUT2D eigenvalue weighted by atomic mass is 16.6. The predicted molar refractivity (Wildman–Crippen MR) is 87.6 cm³/mol. The van der Waals surface area contributed by atoms with Gasteiger partial charge < -0.3 is 19.9 Å². The van der Waals surface area contributed by atoms with Crippen LogP contribution in [0.3, 0.4) is 0 Å². The van der Waals surface area contributed by atoms with Crippen LogP contribution in [0.15, 0.2) is 18.2 Å². The molecule has 0 saturated carbocycles. The molecule has 6 nitrogen and oxygen atoms in total. The van der Waals surface area contributed by atoms with Crippen molar-refractivity contribution in [1.29, 1.82) is 0 Å². The standard InChI is InChI=1S/C14H20N2O4.C2H6/c1-14(2,3)20-13(18)16-9-4-5-12-11(6-9)15-7-10(8-17)19-12;1-2/h4-6,10,15,17H,7-8H2,1-3H3,(H,16,18);1-2H3. The fraction of sp³-hybridized carbons (Fsp3) is 0.562. The number of nitrogens with one attached hydrogen (secondary N) is 2. The molecule has 1 heterocycles. The molecule has 1 atom stereocenters. The van der Waals surface area contributed by atoms with E-state index in [1.807, 2.05) is 34.6 Å². The van der Waals surface area contributed by atoms with Crippen molar-refractivity contribution in [3.63, 3.8) is 0 Å². The molecular formula is C16H26N2O4. The van der Waals surface area contributed by atoms with Crippen molar-refractivity contribution in [1.82, 2.24) is 0 Å². The highest BCUT2D eigenvalue weighted by Gasteiger charge is 2.20. The number of amides is 1. The first-order chi connectivity index (χ1) is 10.4. The fourth-order valence-electron chi connectivity index (χ4n) is 1.82. The second kappa shape index (κ2) is 7.89. The maximum absolute atomic E-state index is 11.7. The number of ether oxygens (including phenoxy) is 2. The van der Waals surface area contributed by atoms with Crippen LogP contribution in [0.4, 0.5) is 16.2 Å². The molecule has 0 spiro atoms. The van der Waals surface area contributed by atoms with E-state index < -0.39 is 11.7 Å². The fourth-order valence-corrected chi connectivity index (χ4v) is 1.82. The molecule has 3 N–H and O–H groups in total. The van der Waals surface area contributed by atoms with Gasteiger partial charge in [0.1, 0.15) is 17.5 Å². The maximum Gasteiger partial charge on any atom is 0.412 e. The molecule has 2 rings (SSSR count). The summed E-state index contributed by atoms with van der Waals surface area (Å²) < 4.78 is 10.8. The number of anilines is 2. The first-order valence-corrected chi connectivity index (χ1v) is 7.53. The van der Waals surface area contributed by atoms with E-state index in [4.69, 9.17) is 14.6 Å². The van der Waals surface area contributed by atoms with Gasteiger partial charge in [0.15, 0.2) is 0 Å². The molecule has 1 aliphatic heterocycles. The molecule has 1 aliphatic rings. The van der Waals surface area contributed by atoms with Crippen molar-refractivity contribution in [3.05, 3.63) is 18.2 Å². The number of aliphatic hydroxyl groups excluding tert-OH is 1. The van der Waals surface area contributed by atoms with Gasteiger partial charge in [-0.1, -0.05) is 13.8 Å². The number of rotatable bonds is 2. The lowest BCUT2D eigenvalue weighted by atomic mass is 10.2. The summed E-state index contributed by atoms with van der Waals surface area (Å²) in [7, 11) is 0. The lowest BCUT2D eigenvalue weighted by Gasteiger charge is -2.26. The lowest BCUT2D eigenvalue weighted by molar-refractivity contribution is 0.0636. The molecule has 0 saturated heterocycles. The van der Waals surface area contributed by atoms with Crippen molar-refractivity contribution in [3.8, 4) is 5.75 Å². The molecule has 1 aromatic carbocycles. The van der Waals surface area contributed by atoms with Crippen molar-refractivity contribution < 1.29 is 19.4 Å². The minimum absolute atomic E-state index is 0.0374. The van der Waals surface area contributed by atoms with Crippen LogP contribution in [0.2, 0.25) is 0 Å². The number of hydrogen-bond acceptors (Lipinski definition) is 5. The van der Waals surface area contributed by atoms with Crippen LogP contribution in [0.1, 0.15) is 34.6 Å². The van der Waals surface area contributed by atoms with Gasteiger partial charge in [-0.25, -0.2) is 4.79 Å². The normalized spacial score (nSPS) is 16.2. The van der Waals surface area contributed by atoms with Crippen molar-refractivity contribution in [2.45, 2.75) is 46.3 Å². The minimum Gasteiger partial charge on any atom is -0.484 e. The summed E-state index contributed by atoms with van der Waals surface area (Å²) in [4.78, 5) is 11.7. The summed E-state index contributed by atoms with van der Waals surface area (Å²) in [6.45, 7) is 9.92. The molecule has 0 aromatic heterocycles. The molecule has 6 heteroatoms. The third kappa shape index (κ3) is 5.44. The van der Waals surface area contributed by atoms with Gasteiger partial charge in [-0.3, -0.25) is 5.32 Å². The Morgan fingerprint density at radius 1 is 1.45 bits per heavy atom. The van der Waals surface area contributed by atoms with Crippen LogP contribution in [0.5, 0.6) is 5.75 Å². The highest BCUT2D eigenvalue weighted by molar-refractivity contribution is 5.86. The van der Waals surface area contributed by atoms with E-state index in [9.17, 15) is 4.79 Å². The zero-order valence-corrected chi connectivity index (χ0v) is 13.9.